The summed E-state index contributed by atoms with van der Waals surface area (Å²) < 4.78 is 6.24. The van der Waals surface area contributed by atoms with Crippen LogP contribution in [0.25, 0.3) is 10.2 Å². The second kappa shape index (κ2) is 5.14. The zero-order valence-electron chi connectivity index (χ0n) is 10.4. The van der Waals surface area contributed by atoms with Crippen molar-refractivity contribution in [1.82, 2.24) is 4.98 Å². The fourth-order valence-electron chi connectivity index (χ4n) is 2.16. The number of nitrogens with one attached hydrogen (secondary N) is 1. The van der Waals surface area contributed by atoms with Gasteiger partial charge in [-0.2, -0.15) is 0 Å². The number of carbonyl (C=O) groups excluding carboxylic acids is 1. The van der Waals surface area contributed by atoms with Gasteiger partial charge in [0, 0.05) is 24.8 Å². The van der Waals surface area contributed by atoms with E-state index in [1.54, 1.807) is 0 Å². The molecular formula is C13H15N3O2S. The van der Waals surface area contributed by atoms with Crippen LogP contribution >= 0.6 is 11.3 Å². The van der Waals surface area contributed by atoms with Gasteiger partial charge in [-0.1, -0.05) is 11.3 Å². The summed E-state index contributed by atoms with van der Waals surface area (Å²) in [5, 5.41) is 3.53. The molecule has 0 aliphatic carbocycles. The number of hydrogen-bond acceptors (Lipinski definition) is 5. The van der Waals surface area contributed by atoms with Crippen molar-refractivity contribution in [1.29, 1.82) is 0 Å². The van der Waals surface area contributed by atoms with E-state index in [1.165, 1.54) is 11.3 Å². The first-order chi connectivity index (χ1) is 9.22. The van der Waals surface area contributed by atoms with Crippen LogP contribution in [0.4, 0.5) is 10.8 Å². The molecule has 0 atom stereocenters. The summed E-state index contributed by atoms with van der Waals surface area (Å²) in [5.74, 6) is 0.0705. The van der Waals surface area contributed by atoms with Crippen molar-refractivity contribution in [3.05, 3.63) is 18.2 Å². The minimum atomic E-state index is 0.0332. The molecule has 3 rings (SSSR count). The minimum absolute atomic E-state index is 0.0332. The maximum atomic E-state index is 12.1. The molecule has 3 N–H and O–H groups in total. The highest BCUT2D eigenvalue weighted by Crippen LogP contribution is 2.28. The van der Waals surface area contributed by atoms with E-state index in [1.807, 2.05) is 18.2 Å². The summed E-state index contributed by atoms with van der Waals surface area (Å²) >= 11 is 1.45. The molecule has 0 spiro atoms. The van der Waals surface area contributed by atoms with Crippen LogP contribution in [0.2, 0.25) is 0 Å². The van der Waals surface area contributed by atoms with Crippen molar-refractivity contribution >= 4 is 38.3 Å². The molecule has 1 aliphatic rings. The summed E-state index contributed by atoms with van der Waals surface area (Å²) in [4.78, 5) is 16.5. The van der Waals surface area contributed by atoms with Crippen LogP contribution in [0, 0.1) is 5.92 Å². The fraction of sp³-hybridized carbons (Fsp3) is 0.385. The lowest BCUT2D eigenvalue weighted by Gasteiger charge is -2.20. The average Bonchev–Trinajstić information content (AvgIpc) is 2.81. The molecule has 0 unspecified atom stereocenters. The zero-order valence-corrected chi connectivity index (χ0v) is 11.2. The predicted molar refractivity (Wildman–Crippen MR) is 76.2 cm³/mol. The van der Waals surface area contributed by atoms with Gasteiger partial charge in [-0.15, -0.1) is 0 Å². The molecule has 5 nitrogen and oxygen atoms in total. The zero-order chi connectivity index (χ0) is 13.2. The van der Waals surface area contributed by atoms with Crippen LogP contribution in [0.5, 0.6) is 0 Å². The third-order valence-electron chi connectivity index (χ3n) is 3.23. The van der Waals surface area contributed by atoms with E-state index in [2.05, 4.69) is 10.3 Å². The third-order valence-corrected chi connectivity index (χ3v) is 4.17. The van der Waals surface area contributed by atoms with E-state index in [0.717, 1.165) is 23.1 Å². The van der Waals surface area contributed by atoms with Crippen LogP contribution < -0.4 is 11.1 Å². The van der Waals surface area contributed by atoms with E-state index >= 15 is 0 Å². The quantitative estimate of drug-likeness (QED) is 0.825. The van der Waals surface area contributed by atoms with E-state index in [-0.39, 0.29) is 11.8 Å². The topological polar surface area (TPSA) is 77.2 Å². The largest absolute Gasteiger partial charge is 0.399 e. The molecule has 2 heterocycles. The Hall–Kier alpha value is -1.66. The highest BCUT2D eigenvalue weighted by Gasteiger charge is 2.22. The molecule has 1 aromatic carbocycles. The molecule has 1 amide bonds. The molecule has 100 valence electrons. The van der Waals surface area contributed by atoms with Gasteiger partial charge in [0.05, 0.1) is 10.2 Å². The number of ether oxygens (including phenoxy) is 1. The summed E-state index contributed by atoms with van der Waals surface area (Å²) in [7, 11) is 0. The van der Waals surface area contributed by atoms with Crippen LogP contribution in [-0.4, -0.2) is 24.1 Å². The fourth-order valence-corrected chi connectivity index (χ4v) is 3.08. The molecule has 6 heteroatoms. The van der Waals surface area contributed by atoms with Gasteiger partial charge in [0.15, 0.2) is 5.13 Å². The number of aromatic nitrogens is 1. The number of nitrogens with zero attached hydrogens (tertiary/aromatic N) is 1. The number of hydrogen-bond donors (Lipinski definition) is 2. The molecule has 0 bridgehead atoms. The van der Waals surface area contributed by atoms with Gasteiger partial charge in [-0.3, -0.25) is 4.79 Å². The van der Waals surface area contributed by atoms with Gasteiger partial charge in [0.25, 0.3) is 0 Å². The van der Waals surface area contributed by atoms with Gasteiger partial charge in [0.1, 0.15) is 0 Å². The Kier molecular flexibility index (Phi) is 3.35. The first-order valence-electron chi connectivity index (χ1n) is 6.27. The third kappa shape index (κ3) is 2.69. The van der Waals surface area contributed by atoms with E-state index in [0.29, 0.717) is 24.0 Å². The van der Waals surface area contributed by atoms with E-state index in [9.17, 15) is 4.79 Å². The van der Waals surface area contributed by atoms with Crippen molar-refractivity contribution in [2.45, 2.75) is 12.8 Å². The normalized spacial score (nSPS) is 16.6. The molecule has 1 aromatic heterocycles. The number of thiazole rings is 1. The van der Waals surface area contributed by atoms with Crippen LogP contribution in [-0.2, 0) is 9.53 Å². The van der Waals surface area contributed by atoms with Gasteiger partial charge >= 0.3 is 0 Å². The second-order valence-corrected chi connectivity index (χ2v) is 5.65. The first kappa shape index (κ1) is 12.4. The molecule has 0 radical (unpaired) electrons. The molecule has 1 aliphatic heterocycles. The Labute approximate surface area is 114 Å². The molecule has 0 saturated carbocycles. The molecular weight excluding hydrogens is 262 g/mol. The lowest BCUT2D eigenvalue weighted by molar-refractivity contribution is -0.122. The number of nitrogens with two attached hydrogens (primary N) is 1. The van der Waals surface area contributed by atoms with Crippen molar-refractivity contribution in [2.75, 3.05) is 24.3 Å². The number of amides is 1. The molecule has 2 aromatic rings. The number of nitrogen functional groups attached to an aromatic ring is 1. The Morgan fingerprint density at radius 3 is 3.00 bits per heavy atom. The van der Waals surface area contributed by atoms with E-state index < -0.39 is 0 Å². The summed E-state index contributed by atoms with van der Waals surface area (Å²) in [6.45, 7) is 1.32. The lowest BCUT2D eigenvalue weighted by atomic mass is 10.00. The van der Waals surface area contributed by atoms with Gasteiger partial charge in [-0.25, -0.2) is 4.98 Å². The lowest BCUT2D eigenvalue weighted by Crippen LogP contribution is -2.28. The standard InChI is InChI=1S/C13H15N3O2S/c14-9-1-2-10-11(7-9)19-13(15-10)16-12(17)8-3-5-18-6-4-8/h1-2,7-8H,3-6,14H2,(H,15,16,17). The second-order valence-electron chi connectivity index (χ2n) is 4.62. The highest BCUT2D eigenvalue weighted by atomic mass is 32.1. The highest BCUT2D eigenvalue weighted by molar-refractivity contribution is 7.22. The Bertz CT molecular complexity index is 605. The number of benzene rings is 1. The summed E-state index contributed by atoms with van der Waals surface area (Å²) in [5.41, 5.74) is 7.30. The van der Waals surface area contributed by atoms with E-state index in [4.69, 9.17) is 10.5 Å². The summed E-state index contributed by atoms with van der Waals surface area (Å²) in [6, 6.07) is 5.55. The van der Waals surface area contributed by atoms with Crippen LogP contribution in [0.3, 0.4) is 0 Å². The van der Waals surface area contributed by atoms with Gasteiger partial charge in [0.2, 0.25) is 5.91 Å². The van der Waals surface area contributed by atoms with Gasteiger partial charge in [-0.05, 0) is 31.0 Å². The van der Waals surface area contributed by atoms with Crippen LogP contribution in [0.1, 0.15) is 12.8 Å². The SMILES string of the molecule is Nc1ccc2nc(NC(=O)C3CCOCC3)sc2c1. The Morgan fingerprint density at radius 1 is 1.42 bits per heavy atom. The first-order valence-corrected chi connectivity index (χ1v) is 7.09. The minimum Gasteiger partial charge on any atom is -0.399 e. The van der Waals surface area contributed by atoms with Crippen molar-refractivity contribution in [3.63, 3.8) is 0 Å². The maximum absolute atomic E-state index is 12.1. The maximum Gasteiger partial charge on any atom is 0.229 e. The van der Waals surface area contributed by atoms with Crippen molar-refractivity contribution < 1.29 is 9.53 Å². The Balaban J connectivity index is 1.75. The van der Waals surface area contributed by atoms with Crippen LogP contribution in [0.15, 0.2) is 18.2 Å². The number of fused-ring (bicyclic) bond motifs is 1. The number of carbonyl (C=O) groups is 1. The summed E-state index contributed by atoms with van der Waals surface area (Å²) in [6.07, 6.45) is 1.56. The smallest absolute Gasteiger partial charge is 0.229 e. The number of rotatable bonds is 2. The Morgan fingerprint density at radius 2 is 2.21 bits per heavy atom. The van der Waals surface area contributed by atoms with Gasteiger partial charge < -0.3 is 15.8 Å². The molecule has 1 fully saturated rings. The van der Waals surface area contributed by atoms with Crippen molar-refractivity contribution in [2.24, 2.45) is 5.92 Å². The molecule has 19 heavy (non-hydrogen) atoms. The van der Waals surface area contributed by atoms with Crippen molar-refractivity contribution in [3.8, 4) is 0 Å². The average molecular weight is 277 g/mol. The number of anilines is 2. The predicted octanol–water partition coefficient (Wildman–Crippen LogP) is 2.24. The molecule has 1 saturated heterocycles. The monoisotopic (exact) mass is 277 g/mol.